The molecule has 1 aliphatic rings. The second-order valence-electron chi connectivity index (χ2n) is 4.42. The number of ether oxygens (including phenoxy) is 2. The van der Waals surface area contributed by atoms with Crippen molar-refractivity contribution >= 4 is 5.97 Å². The van der Waals surface area contributed by atoms with Gasteiger partial charge in [0, 0.05) is 25.2 Å². The fourth-order valence-corrected chi connectivity index (χ4v) is 2.08. The van der Waals surface area contributed by atoms with E-state index >= 15 is 0 Å². The predicted molar refractivity (Wildman–Crippen MR) is 65.7 cm³/mol. The molecule has 20 heavy (non-hydrogen) atoms. The lowest BCUT2D eigenvalue weighted by molar-refractivity contribution is -0.156. The zero-order chi connectivity index (χ0) is 14.5. The summed E-state index contributed by atoms with van der Waals surface area (Å²) in [6, 6.07) is 6.49. The summed E-state index contributed by atoms with van der Waals surface area (Å²) in [7, 11) is 0. The number of halogens is 2. The van der Waals surface area contributed by atoms with Gasteiger partial charge in [0.2, 0.25) is 0 Å². The highest BCUT2D eigenvalue weighted by atomic mass is 19.3. The number of hydrogen-bond donors (Lipinski definition) is 1. The summed E-state index contributed by atoms with van der Waals surface area (Å²) >= 11 is 0. The normalized spacial score (nSPS) is 20.1. The van der Waals surface area contributed by atoms with Crippen LogP contribution in [0, 0.1) is 0 Å². The minimum absolute atomic E-state index is 0.112. The third-order valence-corrected chi connectivity index (χ3v) is 3.01. The monoisotopic (exact) mass is 287 g/mol. The van der Waals surface area contributed by atoms with Gasteiger partial charge in [0.25, 0.3) is 0 Å². The molecular weight excluding hydrogens is 272 g/mol. The number of rotatable bonds is 5. The lowest BCUT2D eigenvalue weighted by atomic mass is 10.1. The van der Waals surface area contributed by atoms with Gasteiger partial charge >= 0.3 is 12.6 Å². The van der Waals surface area contributed by atoms with E-state index in [2.05, 4.69) is 4.74 Å². The van der Waals surface area contributed by atoms with Crippen molar-refractivity contribution in [1.82, 2.24) is 4.90 Å². The van der Waals surface area contributed by atoms with Gasteiger partial charge in [-0.05, 0) is 6.07 Å². The lowest BCUT2D eigenvalue weighted by Crippen LogP contribution is -2.45. The molecule has 0 bridgehead atoms. The highest BCUT2D eigenvalue weighted by molar-refractivity contribution is 5.72. The van der Waals surface area contributed by atoms with Gasteiger partial charge in [0.05, 0.1) is 6.61 Å². The zero-order valence-electron chi connectivity index (χ0n) is 10.7. The molecule has 2 rings (SSSR count). The molecule has 5 nitrogen and oxygen atoms in total. The topological polar surface area (TPSA) is 59.0 Å². The van der Waals surface area contributed by atoms with Crippen LogP contribution in [0.3, 0.4) is 0 Å². The predicted octanol–water partition coefficient (Wildman–Crippen LogP) is 1.57. The standard InChI is InChI=1S/C13H15F2NO4/c14-13(15)20-10-4-2-1-3-9(10)7-16-5-6-19-11(8-16)12(17)18/h1-4,11,13H,5-8H2,(H,17,18). The smallest absolute Gasteiger partial charge is 0.387 e. The van der Waals surface area contributed by atoms with Crippen LogP contribution in [0.4, 0.5) is 8.78 Å². The molecule has 1 saturated heterocycles. The number of carbonyl (C=O) groups is 1. The Morgan fingerprint density at radius 2 is 2.25 bits per heavy atom. The third kappa shape index (κ3) is 3.88. The van der Waals surface area contributed by atoms with Crippen LogP contribution < -0.4 is 4.74 Å². The molecule has 1 atom stereocenters. The molecule has 0 saturated carbocycles. The maximum absolute atomic E-state index is 12.3. The van der Waals surface area contributed by atoms with Gasteiger partial charge in [-0.1, -0.05) is 18.2 Å². The molecular formula is C13H15F2NO4. The van der Waals surface area contributed by atoms with Crippen LogP contribution in [-0.4, -0.2) is 48.4 Å². The van der Waals surface area contributed by atoms with E-state index in [0.717, 1.165) is 0 Å². The van der Waals surface area contributed by atoms with E-state index in [4.69, 9.17) is 9.84 Å². The molecule has 1 heterocycles. The number of nitrogens with zero attached hydrogens (tertiary/aromatic N) is 1. The fraction of sp³-hybridized carbons (Fsp3) is 0.462. The summed E-state index contributed by atoms with van der Waals surface area (Å²) in [6.45, 7) is -1.47. The Labute approximate surface area is 114 Å². The summed E-state index contributed by atoms with van der Waals surface area (Å²) < 4.78 is 34.2. The van der Waals surface area contributed by atoms with Crippen LogP contribution in [0.2, 0.25) is 0 Å². The Morgan fingerprint density at radius 3 is 2.95 bits per heavy atom. The molecule has 1 aromatic carbocycles. The Morgan fingerprint density at radius 1 is 1.50 bits per heavy atom. The van der Waals surface area contributed by atoms with Crippen molar-refractivity contribution in [3.8, 4) is 5.75 Å². The second-order valence-corrected chi connectivity index (χ2v) is 4.42. The summed E-state index contributed by atoms with van der Waals surface area (Å²) in [4.78, 5) is 12.7. The quantitative estimate of drug-likeness (QED) is 0.891. The molecule has 0 amide bonds. The van der Waals surface area contributed by atoms with Crippen LogP contribution in [0.25, 0.3) is 0 Å². The van der Waals surface area contributed by atoms with Crippen molar-refractivity contribution < 1.29 is 28.2 Å². The molecule has 110 valence electrons. The summed E-state index contributed by atoms with van der Waals surface area (Å²) in [5, 5.41) is 8.92. The Bertz CT molecular complexity index is 469. The summed E-state index contributed by atoms with van der Waals surface area (Å²) in [6.07, 6.45) is -0.882. The number of aliphatic carboxylic acids is 1. The second kappa shape index (κ2) is 6.62. The molecule has 0 radical (unpaired) electrons. The minimum Gasteiger partial charge on any atom is -0.479 e. The minimum atomic E-state index is -2.88. The van der Waals surface area contributed by atoms with Crippen LogP contribution in [-0.2, 0) is 16.1 Å². The Hall–Kier alpha value is -1.73. The number of carboxylic acids is 1. The summed E-state index contributed by atoms with van der Waals surface area (Å²) in [5.74, 6) is -0.910. The average molecular weight is 287 g/mol. The first-order valence-electron chi connectivity index (χ1n) is 6.15. The maximum Gasteiger partial charge on any atom is 0.387 e. The zero-order valence-corrected chi connectivity index (χ0v) is 10.7. The third-order valence-electron chi connectivity index (χ3n) is 3.01. The number of alkyl halides is 2. The largest absolute Gasteiger partial charge is 0.479 e. The first kappa shape index (κ1) is 14.7. The van der Waals surface area contributed by atoms with Gasteiger partial charge in [-0.3, -0.25) is 4.90 Å². The van der Waals surface area contributed by atoms with Crippen molar-refractivity contribution in [3.63, 3.8) is 0 Å². The van der Waals surface area contributed by atoms with Gasteiger partial charge < -0.3 is 14.6 Å². The number of carboxylic acid groups (broad SMARTS) is 1. The number of morpholine rings is 1. The fourth-order valence-electron chi connectivity index (χ4n) is 2.08. The van der Waals surface area contributed by atoms with E-state index in [9.17, 15) is 13.6 Å². The average Bonchev–Trinajstić information content (AvgIpc) is 2.41. The molecule has 1 aromatic rings. The van der Waals surface area contributed by atoms with E-state index in [1.807, 2.05) is 4.90 Å². The van der Waals surface area contributed by atoms with Crippen LogP contribution >= 0.6 is 0 Å². The summed E-state index contributed by atoms with van der Waals surface area (Å²) in [5.41, 5.74) is 0.596. The van der Waals surface area contributed by atoms with Crippen molar-refractivity contribution in [2.24, 2.45) is 0 Å². The van der Waals surface area contributed by atoms with Gasteiger partial charge in [-0.2, -0.15) is 8.78 Å². The Balaban J connectivity index is 2.04. The van der Waals surface area contributed by atoms with E-state index < -0.39 is 18.7 Å². The van der Waals surface area contributed by atoms with Crippen molar-refractivity contribution in [3.05, 3.63) is 29.8 Å². The number of benzene rings is 1. The molecule has 1 fully saturated rings. The van der Waals surface area contributed by atoms with Gasteiger partial charge in [0.15, 0.2) is 6.10 Å². The van der Waals surface area contributed by atoms with E-state index in [0.29, 0.717) is 25.3 Å². The van der Waals surface area contributed by atoms with E-state index in [1.165, 1.54) is 6.07 Å². The van der Waals surface area contributed by atoms with E-state index in [1.54, 1.807) is 18.2 Å². The molecule has 0 aromatic heterocycles. The molecule has 1 unspecified atom stereocenters. The highest BCUT2D eigenvalue weighted by Gasteiger charge is 2.26. The number of hydrogen-bond acceptors (Lipinski definition) is 4. The maximum atomic E-state index is 12.3. The molecule has 1 aliphatic heterocycles. The van der Waals surface area contributed by atoms with Gasteiger partial charge in [-0.15, -0.1) is 0 Å². The van der Waals surface area contributed by atoms with Crippen molar-refractivity contribution in [2.75, 3.05) is 19.7 Å². The lowest BCUT2D eigenvalue weighted by Gasteiger charge is -2.31. The SMILES string of the molecule is O=C(O)C1CN(Cc2ccccc2OC(F)F)CCO1. The van der Waals surface area contributed by atoms with Crippen LogP contribution in [0.5, 0.6) is 5.75 Å². The highest BCUT2D eigenvalue weighted by Crippen LogP contribution is 2.22. The first-order chi connectivity index (χ1) is 9.56. The van der Waals surface area contributed by atoms with Crippen molar-refractivity contribution in [2.45, 2.75) is 19.3 Å². The van der Waals surface area contributed by atoms with Crippen LogP contribution in [0.15, 0.2) is 24.3 Å². The van der Waals surface area contributed by atoms with Gasteiger partial charge in [0.1, 0.15) is 5.75 Å². The Kier molecular flexibility index (Phi) is 4.86. The van der Waals surface area contributed by atoms with Gasteiger partial charge in [-0.25, -0.2) is 4.79 Å². The first-order valence-corrected chi connectivity index (χ1v) is 6.15. The van der Waals surface area contributed by atoms with Crippen molar-refractivity contribution in [1.29, 1.82) is 0 Å². The molecule has 7 heteroatoms. The molecule has 0 spiro atoms. The van der Waals surface area contributed by atoms with E-state index in [-0.39, 0.29) is 12.3 Å². The molecule has 1 N–H and O–H groups in total. The number of para-hydroxylation sites is 1. The molecule has 0 aliphatic carbocycles. The van der Waals surface area contributed by atoms with Crippen LogP contribution in [0.1, 0.15) is 5.56 Å².